The fraction of sp³-hybridized carbons (Fsp3) is 0. The van der Waals surface area contributed by atoms with Crippen molar-refractivity contribution in [1.82, 2.24) is 9.97 Å². The number of nitrogens with one attached hydrogen (secondary N) is 1. The average molecular weight is 328 g/mol. The van der Waals surface area contributed by atoms with Gasteiger partial charge in [0.25, 0.3) is 0 Å². The molecule has 0 aliphatic heterocycles. The molecule has 122 valence electrons. The Hall–Kier alpha value is -3.60. The van der Waals surface area contributed by atoms with E-state index in [-0.39, 0.29) is 0 Å². The van der Waals surface area contributed by atoms with Crippen LogP contribution in [0.25, 0.3) is 10.8 Å². The second kappa shape index (κ2) is 6.49. The van der Waals surface area contributed by atoms with Gasteiger partial charge in [0.15, 0.2) is 5.82 Å². The van der Waals surface area contributed by atoms with Crippen LogP contribution in [0.5, 0.6) is 11.6 Å². The van der Waals surface area contributed by atoms with Crippen molar-refractivity contribution in [3.63, 3.8) is 0 Å². The molecule has 0 spiro atoms. The van der Waals surface area contributed by atoms with E-state index in [0.717, 1.165) is 16.5 Å². The number of rotatable bonds is 4. The smallest absolute Gasteiger partial charge is 0.248 e. The van der Waals surface area contributed by atoms with E-state index in [0.29, 0.717) is 23.1 Å². The van der Waals surface area contributed by atoms with Gasteiger partial charge in [-0.3, -0.25) is 0 Å². The topological polar surface area (TPSA) is 73.1 Å². The van der Waals surface area contributed by atoms with Crippen LogP contribution in [0.15, 0.2) is 79.1 Å². The van der Waals surface area contributed by atoms with Crippen LogP contribution < -0.4 is 15.8 Å². The summed E-state index contributed by atoms with van der Waals surface area (Å²) in [5, 5.41) is 5.41. The number of hydrogen-bond donors (Lipinski definition) is 2. The van der Waals surface area contributed by atoms with Crippen LogP contribution in [0.3, 0.4) is 0 Å². The highest BCUT2D eigenvalue weighted by molar-refractivity contribution is 5.84. The van der Waals surface area contributed by atoms with Gasteiger partial charge in [0.2, 0.25) is 5.88 Å². The van der Waals surface area contributed by atoms with Crippen molar-refractivity contribution in [1.29, 1.82) is 0 Å². The third kappa shape index (κ3) is 3.21. The van der Waals surface area contributed by atoms with Crippen LogP contribution in [0, 0.1) is 0 Å². The quantitative estimate of drug-likeness (QED) is 0.565. The van der Waals surface area contributed by atoms with Crippen molar-refractivity contribution in [2.24, 2.45) is 0 Å². The predicted octanol–water partition coefficient (Wildman–Crippen LogP) is 4.75. The SMILES string of the molecule is Nc1c(Nc2ccccc2)ncnc1Oc1ccc2ccccc2c1. The van der Waals surface area contributed by atoms with Crippen molar-refractivity contribution in [3.8, 4) is 11.6 Å². The molecule has 0 saturated heterocycles. The van der Waals surface area contributed by atoms with Crippen molar-refractivity contribution >= 4 is 28.0 Å². The summed E-state index contributed by atoms with van der Waals surface area (Å²) in [6.45, 7) is 0. The number of fused-ring (bicyclic) bond motifs is 1. The number of benzene rings is 3. The molecule has 3 N–H and O–H groups in total. The van der Waals surface area contributed by atoms with E-state index in [1.165, 1.54) is 6.33 Å². The lowest BCUT2D eigenvalue weighted by atomic mass is 10.1. The Morgan fingerprint density at radius 3 is 2.40 bits per heavy atom. The number of aromatic nitrogens is 2. The minimum Gasteiger partial charge on any atom is -0.437 e. The van der Waals surface area contributed by atoms with Gasteiger partial charge in [0, 0.05) is 5.69 Å². The Kier molecular flexibility index (Phi) is 3.88. The van der Waals surface area contributed by atoms with Crippen molar-refractivity contribution in [3.05, 3.63) is 79.1 Å². The molecule has 0 bridgehead atoms. The summed E-state index contributed by atoms with van der Waals surface area (Å²) in [4.78, 5) is 8.36. The third-order valence-electron chi connectivity index (χ3n) is 3.82. The molecule has 0 aliphatic carbocycles. The second-order valence-electron chi connectivity index (χ2n) is 5.54. The standard InChI is InChI=1S/C20H16N4O/c21-18-19(24-16-8-2-1-3-9-16)22-13-23-20(18)25-17-11-10-14-6-4-5-7-15(14)12-17/h1-13H,21H2,(H,22,23,24). The zero-order valence-corrected chi connectivity index (χ0v) is 13.4. The maximum absolute atomic E-state index is 6.18. The molecule has 0 amide bonds. The van der Waals surface area contributed by atoms with Crippen LogP contribution in [-0.2, 0) is 0 Å². The summed E-state index contributed by atoms with van der Waals surface area (Å²) in [5.74, 6) is 1.51. The summed E-state index contributed by atoms with van der Waals surface area (Å²) in [7, 11) is 0. The van der Waals surface area contributed by atoms with E-state index in [2.05, 4.69) is 21.4 Å². The van der Waals surface area contributed by atoms with Crippen LogP contribution in [0.1, 0.15) is 0 Å². The minimum atomic E-state index is 0.323. The largest absolute Gasteiger partial charge is 0.437 e. The molecule has 1 heterocycles. The van der Waals surface area contributed by atoms with E-state index in [4.69, 9.17) is 10.5 Å². The average Bonchev–Trinajstić information content (AvgIpc) is 2.66. The number of anilines is 3. The number of para-hydroxylation sites is 1. The van der Waals surface area contributed by atoms with Crippen molar-refractivity contribution in [2.75, 3.05) is 11.1 Å². The van der Waals surface area contributed by atoms with E-state index in [9.17, 15) is 0 Å². The molecule has 5 heteroatoms. The number of ether oxygens (including phenoxy) is 1. The van der Waals surface area contributed by atoms with Gasteiger partial charge in [-0.2, -0.15) is 4.98 Å². The second-order valence-corrected chi connectivity index (χ2v) is 5.54. The lowest BCUT2D eigenvalue weighted by molar-refractivity contribution is 0.465. The fourth-order valence-electron chi connectivity index (χ4n) is 2.56. The van der Waals surface area contributed by atoms with Crippen LogP contribution in [0.2, 0.25) is 0 Å². The molecule has 1 aromatic heterocycles. The lowest BCUT2D eigenvalue weighted by Crippen LogP contribution is -2.03. The molecule has 0 fully saturated rings. The van der Waals surface area contributed by atoms with E-state index < -0.39 is 0 Å². The van der Waals surface area contributed by atoms with Crippen LogP contribution >= 0.6 is 0 Å². The Morgan fingerprint density at radius 2 is 1.56 bits per heavy atom. The summed E-state index contributed by atoms with van der Waals surface area (Å²) < 4.78 is 5.88. The first kappa shape index (κ1) is 15.0. The highest BCUT2D eigenvalue weighted by Gasteiger charge is 2.11. The Balaban J connectivity index is 1.62. The van der Waals surface area contributed by atoms with Gasteiger partial charge >= 0.3 is 0 Å². The van der Waals surface area contributed by atoms with Gasteiger partial charge < -0.3 is 15.8 Å². The van der Waals surface area contributed by atoms with Gasteiger partial charge in [-0.05, 0) is 35.0 Å². The monoisotopic (exact) mass is 328 g/mol. The van der Waals surface area contributed by atoms with Gasteiger partial charge in [-0.25, -0.2) is 4.98 Å². The molecular weight excluding hydrogens is 312 g/mol. The third-order valence-corrected chi connectivity index (χ3v) is 3.82. The van der Waals surface area contributed by atoms with Gasteiger partial charge in [0.1, 0.15) is 17.8 Å². The molecule has 0 radical (unpaired) electrons. The van der Waals surface area contributed by atoms with E-state index in [1.54, 1.807) is 0 Å². The van der Waals surface area contributed by atoms with E-state index in [1.807, 2.05) is 66.7 Å². The summed E-state index contributed by atoms with van der Waals surface area (Å²) in [6, 6.07) is 23.6. The fourth-order valence-corrected chi connectivity index (χ4v) is 2.56. The summed E-state index contributed by atoms with van der Waals surface area (Å²) >= 11 is 0. The molecule has 0 saturated carbocycles. The van der Waals surface area contributed by atoms with Gasteiger partial charge in [0.05, 0.1) is 0 Å². The number of nitrogens with zero attached hydrogens (tertiary/aromatic N) is 2. The van der Waals surface area contributed by atoms with E-state index >= 15 is 0 Å². The van der Waals surface area contributed by atoms with Crippen molar-refractivity contribution < 1.29 is 4.74 Å². The molecule has 0 unspecified atom stereocenters. The molecule has 5 nitrogen and oxygen atoms in total. The molecule has 0 aliphatic rings. The Morgan fingerprint density at radius 1 is 0.800 bits per heavy atom. The minimum absolute atomic E-state index is 0.323. The molecular formula is C20H16N4O. The maximum atomic E-state index is 6.18. The molecule has 0 atom stereocenters. The maximum Gasteiger partial charge on any atom is 0.248 e. The first-order valence-corrected chi connectivity index (χ1v) is 7.89. The zero-order valence-electron chi connectivity index (χ0n) is 13.4. The lowest BCUT2D eigenvalue weighted by Gasteiger charge is -2.12. The Labute approximate surface area is 145 Å². The van der Waals surface area contributed by atoms with Crippen LogP contribution in [0.4, 0.5) is 17.2 Å². The number of hydrogen-bond acceptors (Lipinski definition) is 5. The molecule has 4 aromatic rings. The van der Waals surface area contributed by atoms with Gasteiger partial charge in [-0.1, -0.05) is 48.5 Å². The van der Waals surface area contributed by atoms with Gasteiger partial charge in [-0.15, -0.1) is 0 Å². The molecule has 25 heavy (non-hydrogen) atoms. The first-order valence-electron chi connectivity index (χ1n) is 7.89. The highest BCUT2D eigenvalue weighted by Crippen LogP contribution is 2.32. The number of nitrogen functional groups attached to an aromatic ring is 1. The summed E-state index contributed by atoms with van der Waals surface area (Å²) in [5.41, 5.74) is 7.43. The van der Waals surface area contributed by atoms with Crippen molar-refractivity contribution in [2.45, 2.75) is 0 Å². The molecule has 4 rings (SSSR count). The Bertz CT molecular complexity index is 1020. The predicted molar refractivity (Wildman–Crippen MR) is 100 cm³/mol. The van der Waals surface area contributed by atoms with Crippen LogP contribution in [-0.4, -0.2) is 9.97 Å². The first-order chi connectivity index (χ1) is 12.3. The summed E-state index contributed by atoms with van der Waals surface area (Å²) in [6.07, 6.45) is 1.43. The normalized spacial score (nSPS) is 10.6. The highest BCUT2D eigenvalue weighted by atomic mass is 16.5. The number of nitrogens with two attached hydrogens (primary N) is 1. The zero-order chi connectivity index (χ0) is 17.1. The molecule has 3 aromatic carbocycles.